The number of nitrogens with one attached hydrogen (secondary N) is 1. The second-order valence-corrected chi connectivity index (χ2v) is 11.2. The van der Waals surface area contributed by atoms with Crippen molar-refractivity contribution in [2.45, 2.75) is 18.7 Å². The molecule has 1 amide bonds. The number of rotatable bonds is 5. The smallest absolute Gasteiger partial charge is 0.269 e. The number of hydrogen-bond acceptors (Lipinski definition) is 6. The quantitative estimate of drug-likeness (QED) is 0.284. The van der Waals surface area contributed by atoms with Crippen molar-refractivity contribution in [1.29, 1.82) is 0 Å². The summed E-state index contributed by atoms with van der Waals surface area (Å²) >= 11 is 0. The van der Waals surface area contributed by atoms with E-state index < -0.39 is 15.8 Å². The Kier molecular flexibility index (Phi) is 6.11. The van der Waals surface area contributed by atoms with Crippen molar-refractivity contribution in [3.8, 4) is 22.3 Å². The average molecular weight is 552 g/mol. The third-order valence-electron chi connectivity index (χ3n) is 6.59. The van der Waals surface area contributed by atoms with E-state index in [1.807, 2.05) is 13.0 Å². The molecule has 0 atom stereocenters. The second-order valence-electron chi connectivity index (χ2n) is 9.39. The van der Waals surface area contributed by atoms with Crippen molar-refractivity contribution in [2.24, 2.45) is 0 Å². The van der Waals surface area contributed by atoms with Crippen LogP contribution in [0.1, 0.15) is 12.5 Å². The molecule has 4 aromatic heterocycles. The summed E-state index contributed by atoms with van der Waals surface area (Å²) in [6.07, 6.45) is 7.70. The number of nitrogens with zero attached hydrogens (tertiary/aromatic N) is 4. The molecule has 0 fully saturated rings. The Bertz CT molecular complexity index is 2040. The van der Waals surface area contributed by atoms with Crippen LogP contribution in [0, 0.1) is 12.7 Å². The van der Waals surface area contributed by atoms with Crippen molar-refractivity contribution >= 4 is 43.6 Å². The highest BCUT2D eigenvalue weighted by Crippen LogP contribution is 2.37. The summed E-state index contributed by atoms with van der Waals surface area (Å²) in [7, 11) is -4.06. The van der Waals surface area contributed by atoms with Gasteiger partial charge >= 0.3 is 0 Å². The fraction of sp³-hybridized carbons (Fsp3) is 0.0667. The molecule has 0 bridgehead atoms. The lowest BCUT2D eigenvalue weighted by molar-refractivity contribution is -0.114. The van der Waals surface area contributed by atoms with Gasteiger partial charge in [-0.05, 0) is 60.5 Å². The number of halogens is 1. The van der Waals surface area contributed by atoms with E-state index in [1.54, 1.807) is 48.8 Å². The predicted molar refractivity (Wildman–Crippen MR) is 152 cm³/mol. The zero-order chi connectivity index (χ0) is 28.0. The van der Waals surface area contributed by atoms with Crippen LogP contribution in [0.4, 0.5) is 10.1 Å². The molecule has 0 saturated carbocycles. The van der Waals surface area contributed by atoms with Gasteiger partial charge in [0, 0.05) is 53.6 Å². The zero-order valence-electron chi connectivity index (χ0n) is 21.5. The van der Waals surface area contributed by atoms with Crippen LogP contribution < -0.4 is 5.32 Å². The van der Waals surface area contributed by atoms with Crippen LogP contribution in [-0.4, -0.2) is 33.2 Å². The van der Waals surface area contributed by atoms with E-state index in [2.05, 4.69) is 20.3 Å². The molecule has 0 unspecified atom stereocenters. The van der Waals surface area contributed by atoms with Gasteiger partial charge in [-0.2, -0.15) is 0 Å². The van der Waals surface area contributed by atoms with E-state index in [4.69, 9.17) is 0 Å². The maximum atomic E-state index is 15.5. The molecule has 1 N–H and O–H groups in total. The molecule has 2 aromatic carbocycles. The Morgan fingerprint density at radius 2 is 1.70 bits per heavy atom. The standard InChI is InChI=1S/C30H22FN5O3S/c1-18-5-7-23(8-6-18)40(38,39)36-17-27(26-14-22(35-19(2)37)16-34-30(26)36)21-12-25-24(20-4-3-10-32-15-20)9-11-33-29(25)28(31)13-21/h3-17H,1-2H3,(H,35,37). The van der Waals surface area contributed by atoms with Crippen LogP contribution in [0.5, 0.6) is 0 Å². The summed E-state index contributed by atoms with van der Waals surface area (Å²) in [6.45, 7) is 3.23. The molecule has 0 spiro atoms. The Balaban J connectivity index is 1.63. The number of hydrogen-bond donors (Lipinski definition) is 1. The normalized spacial score (nSPS) is 11.7. The number of aromatic nitrogens is 4. The van der Waals surface area contributed by atoms with E-state index in [-0.39, 0.29) is 22.0 Å². The summed E-state index contributed by atoms with van der Waals surface area (Å²) < 4.78 is 44.1. The number of anilines is 1. The maximum Gasteiger partial charge on any atom is 0.269 e. The van der Waals surface area contributed by atoms with Gasteiger partial charge in [0.05, 0.1) is 16.8 Å². The minimum atomic E-state index is -4.06. The fourth-order valence-corrected chi connectivity index (χ4v) is 6.05. The summed E-state index contributed by atoms with van der Waals surface area (Å²) in [4.78, 5) is 24.7. The van der Waals surface area contributed by atoms with Crippen LogP contribution in [0.3, 0.4) is 0 Å². The summed E-state index contributed by atoms with van der Waals surface area (Å²) in [5.74, 6) is -0.871. The Hall–Kier alpha value is -4.96. The van der Waals surface area contributed by atoms with Crippen LogP contribution in [-0.2, 0) is 14.8 Å². The van der Waals surface area contributed by atoms with Crippen LogP contribution in [0.25, 0.3) is 44.2 Å². The Morgan fingerprint density at radius 1 is 0.900 bits per heavy atom. The summed E-state index contributed by atoms with van der Waals surface area (Å²) in [5.41, 5.74) is 3.98. The van der Waals surface area contributed by atoms with Gasteiger partial charge in [0.2, 0.25) is 5.91 Å². The summed E-state index contributed by atoms with van der Waals surface area (Å²) in [5, 5.41) is 3.65. The van der Waals surface area contributed by atoms with E-state index in [0.717, 1.165) is 20.7 Å². The molecule has 0 aliphatic heterocycles. The molecular weight excluding hydrogens is 529 g/mol. The number of benzene rings is 2. The molecular formula is C30H22FN5O3S. The van der Waals surface area contributed by atoms with Crippen molar-refractivity contribution < 1.29 is 17.6 Å². The van der Waals surface area contributed by atoms with Gasteiger partial charge in [0.25, 0.3) is 10.0 Å². The molecule has 0 aliphatic carbocycles. The zero-order valence-corrected chi connectivity index (χ0v) is 22.3. The van der Waals surface area contributed by atoms with Crippen LogP contribution in [0.2, 0.25) is 0 Å². The molecule has 8 nitrogen and oxygen atoms in total. The number of amides is 1. The molecule has 6 aromatic rings. The van der Waals surface area contributed by atoms with Crippen molar-refractivity contribution in [1.82, 2.24) is 18.9 Å². The van der Waals surface area contributed by atoms with Crippen molar-refractivity contribution in [3.05, 3.63) is 103 Å². The van der Waals surface area contributed by atoms with E-state index in [0.29, 0.717) is 27.6 Å². The third kappa shape index (κ3) is 4.38. The fourth-order valence-electron chi connectivity index (χ4n) is 4.73. The van der Waals surface area contributed by atoms with E-state index in [9.17, 15) is 13.2 Å². The Labute approximate surface area is 229 Å². The number of carbonyl (C=O) groups is 1. The van der Waals surface area contributed by atoms with Gasteiger partial charge in [-0.1, -0.05) is 23.8 Å². The highest BCUT2D eigenvalue weighted by Gasteiger charge is 2.24. The van der Waals surface area contributed by atoms with Crippen molar-refractivity contribution in [3.63, 3.8) is 0 Å². The molecule has 0 aliphatic rings. The van der Waals surface area contributed by atoms with Gasteiger partial charge < -0.3 is 5.32 Å². The molecule has 0 saturated heterocycles. The van der Waals surface area contributed by atoms with E-state index in [1.165, 1.54) is 43.7 Å². The minimum absolute atomic E-state index is 0.0852. The first-order valence-electron chi connectivity index (χ1n) is 12.3. The van der Waals surface area contributed by atoms with Gasteiger partial charge in [-0.3, -0.25) is 14.8 Å². The predicted octanol–water partition coefficient (Wildman–Crippen LogP) is 5.96. The molecule has 10 heteroatoms. The summed E-state index contributed by atoms with van der Waals surface area (Å²) in [6, 6.07) is 16.7. The van der Waals surface area contributed by atoms with Gasteiger partial charge in [0.15, 0.2) is 5.65 Å². The van der Waals surface area contributed by atoms with Gasteiger partial charge in [-0.25, -0.2) is 21.8 Å². The minimum Gasteiger partial charge on any atom is -0.325 e. The first-order chi connectivity index (χ1) is 19.2. The van der Waals surface area contributed by atoms with Crippen LogP contribution in [0.15, 0.2) is 96.5 Å². The number of carbonyl (C=O) groups excluding carboxylic acids is 1. The topological polar surface area (TPSA) is 107 Å². The maximum absolute atomic E-state index is 15.5. The molecule has 40 heavy (non-hydrogen) atoms. The number of fused-ring (bicyclic) bond motifs is 2. The highest BCUT2D eigenvalue weighted by molar-refractivity contribution is 7.90. The molecule has 0 radical (unpaired) electrons. The lowest BCUT2D eigenvalue weighted by atomic mass is 9.98. The average Bonchev–Trinajstić information content (AvgIpc) is 3.33. The second kappa shape index (κ2) is 9.65. The largest absolute Gasteiger partial charge is 0.325 e. The van der Waals surface area contributed by atoms with Gasteiger partial charge in [-0.15, -0.1) is 0 Å². The van der Waals surface area contributed by atoms with Gasteiger partial charge in [0.1, 0.15) is 11.3 Å². The molecule has 198 valence electrons. The lowest BCUT2D eigenvalue weighted by Gasteiger charge is -2.09. The SMILES string of the molecule is CC(=O)Nc1cnc2c(c1)c(-c1cc(F)c3nccc(-c4cccnc4)c3c1)cn2S(=O)(=O)c1ccc(C)cc1. The monoisotopic (exact) mass is 551 g/mol. The van der Waals surface area contributed by atoms with Crippen LogP contribution >= 0.6 is 0 Å². The van der Waals surface area contributed by atoms with Crippen molar-refractivity contribution in [2.75, 3.05) is 5.32 Å². The molecule has 4 heterocycles. The van der Waals surface area contributed by atoms with E-state index >= 15 is 4.39 Å². The third-order valence-corrected chi connectivity index (χ3v) is 8.26. The lowest BCUT2D eigenvalue weighted by Crippen LogP contribution is -2.12. The molecule has 6 rings (SSSR count). The number of aryl methyl sites for hydroxylation is 1. The first kappa shape index (κ1) is 25.3. The number of pyridine rings is 3. The highest BCUT2D eigenvalue weighted by atomic mass is 32.2. The first-order valence-corrected chi connectivity index (χ1v) is 13.8. The Morgan fingerprint density at radius 3 is 2.42 bits per heavy atom.